The molecule has 4 aliphatic carbocycles. The Hall–Kier alpha value is -0.0800. The molecule has 0 aromatic heterocycles. The van der Waals surface area contributed by atoms with Crippen molar-refractivity contribution in [2.24, 2.45) is 46.3 Å². The van der Waals surface area contributed by atoms with E-state index in [2.05, 4.69) is 27.7 Å². The molecule has 4 fully saturated rings. The molecule has 4 rings (SSSR count). The van der Waals surface area contributed by atoms with Gasteiger partial charge in [-0.2, -0.15) is 0 Å². The Kier molecular flexibility index (Phi) is 5.01. The van der Waals surface area contributed by atoms with Crippen molar-refractivity contribution in [2.45, 2.75) is 104 Å². The van der Waals surface area contributed by atoms with Gasteiger partial charge in [-0.15, -0.1) is 0 Å². The third-order valence-corrected chi connectivity index (χ3v) is 10.2. The number of aliphatic hydroxyl groups excluding tert-OH is 2. The summed E-state index contributed by atoms with van der Waals surface area (Å²) in [7, 11) is 0. The highest BCUT2D eigenvalue weighted by molar-refractivity contribution is 5.14. The minimum atomic E-state index is -0.176. The second-order valence-electron chi connectivity index (χ2n) is 11.1. The SMILES string of the molecule is CCC[C@@H](C)[C@H]1CC[C@H]2[C@@H]3C(O)CC4CCCC[C@]4(C)[C@H]3CC(O)[C@]12C. The Bertz CT molecular complexity index is 518. The van der Waals surface area contributed by atoms with Gasteiger partial charge in [0.2, 0.25) is 0 Å². The molecule has 0 radical (unpaired) electrons. The smallest absolute Gasteiger partial charge is 0.0602 e. The fourth-order valence-electron chi connectivity index (χ4n) is 8.84. The predicted molar refractivity (Wildman–Crippen MR) is 107 cm³/mol. The first-order chi connectivity index (χ1) is 12.3. The first-order valence-electron chi connectivity index (χ1n) is 11.7. The van der Waals surface area contributed by atoms with E-state index in [4.69, 9.17) is 0 Å². The summed E-state index contributed by atoms with van der Waals surface area (Å²) >= 11 is 0. The molecule has 0 aromatic carbocycles. The average Bonchev–Trinajstić information content (AvgIpc) is 2.95. The molecule has 4 saturated carbocycles. The fourth-order valence-corrected chi connectivity index (χ4v) is 8.84. The summed E-state index contributed by atoms with van der Waals surface area (Å²) in [5.74, 6) is 3.49. The Morgan fingerprint density at radius 2 is 1.77 bits per heavy atom. The molecule has 2 heteroatoms. The Balaban J connectivity index is 1.67. The molecule has 0 heterocycles. The van der Waals surface area contributed by atoms with E-state index in [0.29, 0.717) is 40.9 Å². The molecule has 2 nitrogen and oxygen atoms in total. The number of aliphatic hydroxyl groups is 2. The van der Waals surface area contributed by atoms with Gasteiger partial charge < -0.3 is 10.2 Å². The number of rotatable bonds is 3. The largest absolute Gasteiger partial charge is 0.393 e. The van der Waals surface area contributed by atoms with Crippen LogP contribution >= 0.6 is 0 Å². The van der Waals surface area contributed by atoms with Crippen LogP contribution < -0.4 is 0 Å². The maximum absolute atomic E-state index is 11.5. The molecule has 0 aromatic rings. The third kappa shape index (κ3) is 2.57. The molecule has 3 unspecified atom stereocenters. The van der Waals surface area contributed by atoms with E-state index in [9.17, 15) is 10.2 Å². The summed E-state index contributed by atoms with van der Waals surface area (Å²) in [6, 6.07) is 0. The van der Waals surface area contributed by atoms with Crippen molar-refractivity contribution in [3.8, 4) is 0 Å². The second kappa shape index (κ2) is 6.76. The Labute approximate surface area is 161 Å². The standard InChI is InChI=1S/C24H42O2/c1-5-8-15(2)17-10-11-18-22-19(14-21(26)24(17,18)4)23(3)12-7-6-9-16(23)13-20(22)25/h15-22,25-26H,5-14H2,1-4H3/t15-,16?,17-,18+,19+,20?,21?,22+,23+,24-/m1/s1. The van der Waals surface area contributed by atoms with E-state index in [0.717, 1.165) is 12.8 Å². The van der Waals surface area contributed by atoms with Gasteiger partial charge in [0, 0.05) is 0 Å². The van der Waals surface area contributed by atoms with E-state index in [1.807, 2.05) is 0 Å². The van der Waals surface area contributed by atoms with Crippen LogP contribution in [0, 0.1) is 46.3 Å². The molecular formula is C24H42O2. The van der Waals surface area contributed by atoms with Gasteiger partial charge in [0.15, 0.2) is 0 Å². The monoisotopic (exact) mass is 362 g/mol. The summed E-state index contributed by atoms with van der Waals surface area (Å²) in [6.45, 7) is 9.61. The van der Waals surface area contributed by atoms with Gasteiger partial charge in [-0.25, -0.2) is 0 Å². The van der Waals surface area contributed by atoms with E-state index >= 15 is 0 Å². The van der Waals surface area contributed by atoms with Crippen LogP contribution in [0.2, 0.25) is 0 Å². The lowest BCUT2D eigenvalue weighted by Gasteiger charge is -2.63. The molecule has 0 bridgehead atoms. The fraction of sp³-hybridized carbons (Fsp3) is 1.00. The van der Waals surface area contributed by atoms with Crippen molar-refractivity contribution in [3.63, 3.8) is 0 Å². The van der Waals surface area contributed by atoms with Gasteiger partial charge in [-0.3, -0.25) is 0 Å². The van der Waals surface area contributed by atoms with Crippen molar-refractivity contribution >= 4 is 0 Å². The summed E-state index contributed by atoms with van der Waals surface area (Å²) in [4.78, 5) is 0. The highest BCUT2D eigenvalue weighted by Gasteiger charge is 2.65. The van der Waals surface area contributed by atoms with Crippen LogP contribution in [0.1, 0.15) is 91.9 Å². The zero-order valence-electron chi connectivity index (χ0n) is 17.6. The van der Waals surface area contributed by atoms with Crippen LogP contribution in [0.3, 0.4) is 0 Å². The van der Waals surface area contributed by atoms with E-state index < -0.39 is 0 Å². The van der Waals surface area contributed by atoms with Gasteiger partial charge in [-0.1, -0.05) is 53.4 Å². The van der Waals surface area contributed by atoms with E-state index in [1.165, 1.54) is 51.4 Å². The quantitative estimate of drug-likeness (QED) is 0.704. The maximum Gasteiger partial charge on any atom is 0.0602 e. The Morgan fingerprint density at radius 1 is 1.00 bits per heavy atom. The van der Waals surface area contributed by atoms with Crippen LogP contribution in [0.25, 0.3) is 0 Å². The molecule has 0 spiro atoms. The predicted octanol–water partition coefficient (Wildman–Crippen LogP) is 5.41. The van der Waals surface area contributed by atoms with Gasteiger partial charge in [0.25, 0.3) is 0 Å². The summed E-state index contributed by atoms with van der Waals surface area (Å²) in [5, 5.41) is 22.7. The molecule has 4 aliphatic rings. The lowest BCUT2D eigenvalue weighted by atomic mass is 9.43. The first-order valence-corrected chi connectivity index (χ1v) is 11.7. The van der Waals surface area contributed by atoms with Crippen molar-refractivity contribution in [1.82, 2.24) is 0 Å². The molecule has 10 atom stereocenters. The summed E-state index contributed by atoms with van der Waals surface area (Å²) in [6.07, 6.45) is 12.0. The molecule has 0 amide bonds. The van der Waals surface area contributed by atoms with E-state index in [1.54, 1.807) is 0 Å². The minimum Gasteiger partial charge on any atom is -0.393 e. The van der Waals surface area contributed by atoms with Crippen molar-refractivity contribution in [3.05, 3.63) is 0 Å². The second-order valence-corrected chi connectivity index (χ2v) is 11.1. The zero-order chi connectivity index (χ0) is 18.7. The van der Waals surface area contributed by atoms with Crippen LogP contribution in [0.5, 0.6) is 0 Å². The topological polar surface area (TPSA) is 40.5 Å². The van der Waals surface area contributed by atoms with Crippen LogP contribution in [0.15, 0.2) is 0 Å². The normalized spacial score (nSPS) is 54.9. The number of hydrogen-bond donors (Lipinski definition) is 2. The van der Waals surface area contributed by atoms with Crippen molar-refractivity contribution in [1.29, 1.82) is 0 Å². The molecule has 26 heavy (non-hydrogen) atoms. The van der Waals surface area contributed by atoms with Crippen LogP contribution in [0.4, 0.5) is 0 Å². The highest BCUT2D eigenvalue weighted by atomic mass is 16.3. The van der Waals surface area contributed by atoms with Crippen molar-refractivity contribution < 1.29 is 10.2 Å². The summed E-state index contributed by atoms with van der Waals surface area (Å²) < 4.78 is 0. The number of hydrogen-bond acceptors (Lipinski definition) is 2. The molecule has 0 saturated heterocycles. The lowest BCUT2D eigenvalue weighted by Crippen LogP contribution is -2.61. The first kappa shape index (κ1) is 19.2. The van der Waals surface area contributed by atoms with Gasteiger partial charge in [-0.05, 0) is 84.9 Å². The van der Waals surface area contributed by atoms with Gasteiger partial charge >= 0.3 is 0 Å². The van der Waals surface area contributed by atoms with Crippen LogP contribution in [-0.2, 0) is 0 Å². The molecule has 150 valence electrons. The Morgan fingerprint density at radius 3 is 2.50 bits per heavy atom. The molecule has 2 N–H and O–H groups in total. The minimum absolute atomic E-state index is 0.0224. The van der Waals surface area contributed by atoms with Crippen LogP contribution in [-0.4, -0.2) is 22.4 Å². The zero-order valence-corrected chi connectivity index (χ0v) is 17.6. The molecular weight excluding hydrogens is 320 g/mol. The van der Waals surface area contributed by atoms with E-state index in [-0.39, 0.29) is 17.6 Å². The third-order valence-electron chi connectivity index (χ3n) is 10.2. The highest BCUT2D eigenvalue weighted by Crippen LogP contribution is 2.68. The van der Waals surface area contributed by atoms with Crippen molar-refractivity contribution in [2.75, 3.05) is 0 Å². The lowest BCUT2D eigenvalue weighted by molar-refractivity contribution is -0.201. The van der Waals surface area contributed by atoms with Gasteiger partial charge in [0.05, 0.1) is 12.2 Å². The number of fused-ring (bicyclic) bond motifs is 5. The average molecular weight is 363 g/mol. The molecule has 0 aliphatic heterocycles. The maximum atomic E-state index is 11.5. The summed E-state index contributed by atoms with van der Waals surface area (Å²) in [5.41, 5.74) is 0.381. The van der Waals surface area contributed by atoms with Gasteiger partial charge in [0.1, 0.15) is 0 Å².